The summed E-state index contributed by atoms with van der Waals surface area (Å²) in [4.78, 5) is 14.4. The first-order valence-corrected chi connectivity index (χ1v) is 8.54. The lowest BCUT2D eigenvalue weighted by Crippen LogP contribution is -2.31. The minimum atomic E-state index is -0.245. The third-order valence-corrected chi connectivity index (χ3v) is 4.93. The van der Waals surface area contributed by atoms with Crippen molar-refractivity contribution in [3.05, 3.63) is 62.9 Å². The van der Waals surface area contributed by atoms with Gasteiger partial charge in [-0.2, -0.15) is 0 Å². The average Bonchev–Trinajstić information content (AvgIpc) is 3.10. The summed E-state index contributed by atoms with van der Waals surface area (Å²) >= 11 is 0. The SMILES string of the molecule is CCc1c(C)c2cc3c(c(C)c2oc1=O)OCN(Cc1ccco1)C3. The molecule has 5 nitrogen and oxygen atoms in total. The monoisotopic (exact) mass is 339 g/mol. The Hall–Kier alpha value is -2.53. The van der Waals surface area contributed by atoms with Crippen molar-refractivity contribution in [1.29, 1.82) is 0 Å². The highest BCUT2D eigenvalue weighted by Crippen LogP contribution is 2.36. The molecule has 0 spiro atoms. The molecule has 3 aromatic rings. The maximum atomic E-state index is 12.2. The number of hydrogen-bond donors (Lipinski definition) is 0. The molecular weight excluding hydrogens is 318 g/mol. The summed E-state index contributed by atoms with van der Waals surface area (Å²) in [5.41, 5.74) is 4.15. The van der Waals surface area contributed by atoms with E-state index in [0.717, 1.165) is 45.7 Å². The van der Waals surface area contributed by atoms with Crippen molar-refractivity contribution in [2.75, 3.05) is 6.73 Å². The van der Waals surface area contributed by atoms with Gasteiger partial charge < -0.3 is 13.6 Å². The Bertz CT molecular complexity index is 985. The van der Waals surface area contributed by atoms with E-state index in [1.807, 2.05) is 32.9 Å². The number of furan rings is 1. The molecule has 1 aromatic carbocycles. The summed E-state index contributed by atoms with van der Waals surface area (Å²) in [5, 5.41) is 0.996. The van der Waals surface area contributed by atoms with E-state index in [2.05, 4.69) is 11.0 Å². The van der Waals surface area contributed by atoms with E-state index in [0.29, 0.717) is 25.3 Å². The largest absolute Gasteiger partial charge is 0.477 e. The van der Waals surface area contributed by atoms with Gasteiger partial charge in [-0.25, -0.2) is 4.79 Å². The van der Waals surface area contributed by atoms with E-state index in [1.54, 1.807) is 6.26 Å². The molecule has 1 aliphatic heterocycles. The Balaban J connectivity index is 1.78. The van der Waals surface area contributed by atoms with Gasteiger partial charge in [0.15, 0.2) is 0 Å². The molecule has 3 heterocycles. The molecule has 0 atom stereocenters. The fourth-order valence-electron chi connectivity index (χ4n) is 3.63. The topological polar surface area (TPSA) is 55.8 Å². The highest BCUT2D eigenvalue weighted by molar-refractivity contribution is 5.87. The molecule has 1 aliphatic rings. The van der Waals surface area contributed by atoms with Gasteiger partial charge >= 0.3 is 5.63 Å². The van der Waals surface area contributed by atoms with Crippen LogP contribution in [0.15, 0.2) is 38.1 Å². The second-order valence-electron chi connectivity index (χ2n) is 6.55. The summed E-state index contributed by atoms with van der Waals surface area (Å²) in [7, 11) is 0. The number of benzene rings is 1. The molecule has 5 heteroatoms. The third-order valence-electron chi connectivity index (χ3n) is 4.93. The predicted octanol–water partition coefficient (Wildman–Crippen LogP) is 3.92. The number of ether oxygens (including phenoxy) is 1. The molecule has 4 rings (SSSR count). The summed E-state index contributed by atoms with van der Waals surface area (Å²) in [5.74, 6) is 1.75. The van der Waals surface area contributed by atoms with Crippen molar-refractivity contribution >= 4 is 11.0 Å². The van der Waals surface area contributed by atoms with E-state index in [-0.39, 0.29) is 5.63 Å². The summed E-state index contributed by atoms with van der Waals surface area (Å²) in [6, 6.07) is 5.96. The van der Waals surface area contributed by atoms with Crippen molar-refractivity contribution in [3.8, 4) is 5.75 Å². The van der Waals surface area contributed by atoms with Crippen molar-refractivity contribution in [2.45, 2.75) is 40.3 Å². The highest BCUT2D eigenvalue weighted by Gasteiger charge is 2.24. The van der Waals surface area contributed by atoms with Gasteiger partial charge in [-0.05, 0) is 44.0 Å². The lowest BCUT2D eigenvalue weighted by Gasteiger charge is -2.29. The van der Waals surface area contributed by atoms with Gasteiger partial charge in [0.1, 0.15) is 23.8 Å². The van der Waals surface area contributed by atoms with Gasteiger partial charge in [-0.1, -0.05) is 6.92 Å². The van der Waals surface area contributed by atoms with Gasteiger partial charge in [0.25, 0.3) is 0 Å². The predicted molar refractivity (Wildman–Crippen MR) is 94.8 cm³/mol. The second-order valence-corrected chi connectivity index (χ2v) is 6.55. The summed E-state index contributed by atoms with van der Waals surface area (Å²) in [6.07, 6.45) is 2.35. The third kappa shape index (κ3) is 2.65. The van der Waals surface area contributed by atoms with Crippen molar-refractivity contribution in [3.63, 3.8) is 0 Å². The van der Waals surface area contributed by atoms with Crippen molar-refractivity contribution < 1.29 is 13.6 Å². The number of aryl methyl sites for hydroxylation is 2. The molecule has 0 saturated carbocycles. The van der Waals surface area contributed by atoms with Crippen LogP contribution >= 0.6 is 0 Å². The van der Waals surface area contributed by atoms with E-state index >= 15 is 0 Å². The van der Waals surface area contributed by atoms with Crippen molar-refractivity contribution in [2.24, 2.45) is 0 Å². The molecule has 0 bridgehead atoms. The maximum absolute atomic E-state index is 12.2. The molecular formula is C20H21NO4. The summed E-state index contributed by atoms with van der Waals surface area (Å²) in [6.45, 7) is 7.88. The minimum absolute atomic E-state index is 0.245. The quantitative estimate of drug-likeness (QED) is 0.677. The van der Waals surface area contributed by atoms with Crippen LogP contribution < -0.4 is 10.4 Å². The molecule has 130 valence electrons. The lowest BCUT2D eigenvalue weighted by molar-refractivity contribution is 0.0818. The maximum Gasteiger partial charge on any atom is 0.339 e. The van der Waals surface area contributed by atoms with Crippen molar-refractivity contribution in [1.82, 2.24) is 4.90 Å². The Labute approximate surface area is 145 Å². The minimum Gasteiger partial charge on any atom is -0.477 e. The molecule has 0 radical (unpaired) electrons. The van der Waals surface area contributed by atoms with Crippen LogP contribution in [0.5, 0.6) is 5.75 Å². The molecule has 0 aliphatic carbocycles. The van der Waals surface area contributed by atoms with Crippen LogP contribution in [0.4, 0.5) is 0 Å². The van der Waals surface area contributed by atoms with Gasteiger partial charge in [0.05, 0.1) is 12.8 Å². The number of rotatable bonds is 3. The van der Waals surface area contributed by atoms with Gasteiger partial charge in [0, 0.05) is 28.6 Å². The van der Waals surface area contributed by atoms with E-state index in [9.17, 15) is 4.79 Å². The van der Waals surface area contributed by atoms with E-state index in [1.165, 1.54) is 0 Å². The zero-order valence-corrected chi connectivity index (χ0v) is 14.7. The van der Waals surface area contributed by atoms with E-state index in [4.69, 9.17) is 13.6 Å². The lowest BCUT2D eigenvalue weighted by atomic mass is 9.98. The molecule has 0 saturated heterocycles. The Kier molecular flexibility index (Phi) is 3.88. The molecule has 2 aromatic heterocycles. The highest BCUT2D eigenvalue weighted by atomic mass is 16.5. The average molecular weight is 339 g/mol. The first-order chi connectivity index (χ1) is 12.1. The molecule has 0 N–H and O–H groups in total. The van der Waals surface area contributed by atoms with Crippen LogP contribution in [-0.2, 0) is 19.5 Å². The van der Waals surface area contributed by atoms with Gasteiger partial charge in [-0.15, -0.1) is 0 Å². The zero-order chi connectivity index (χ0) is 17.6. The second kappa shape index (κ2) is 6.08. The Morgan fingerprint density at radius 2 is 2.08 bits per heavy atom. The first kappa shape index (κ1) is 16.0. The number of fused-ring (bicyclic) bond motifs is 2. The fourth-order valence-corrected chi connectivity index (χ4v) is 3.63. The standard InChI is InChI=1S/C20H21NO4/c1-4-16-12(2)17-8-14-9-21(10-15-6-5-7-23-15)11-24-18(14)13(3)19(17)25-20(16)22/h5-8H,4,9-11H2,1-3H3. The summed E-state index contributed by atoms with van der Waals surface area (Å²) < 4.78 is 17.0. The zero-order valence-electron chi connectivity index (χ0n) is 14.7. The van der Waals surface area contributed by atoms with Crippen LogP contribution in [0, 0.1) is 13.8 Å². The van der Waals surface area contributed by atoms with Gasteiger partial charge in [0.2, 0.25) is 0 Å². The number of nitrogens with zero attached hydrogens (tertiary/aromatic N) is 1. The van der Waals surface area contributed by atoms with Crippen LogP contribution in [0.3, 0.4) is 0 Å². The van der Waals surface area contributed by atoms with Gasteiger partial charge in [-0.3, -0.25) is 4.90 Å². The molecule has 0 amide bonds. The Morgan fingerprint density at radius 3 is 2.80 bits per heavy atom. The molecule has 0 fully saturated rings. The van der Waals surface area contributed by atoms with Crippen LogP contribution in [0.1, 0.15) is 34.9 Å². The smallest absolute Gasteiger partial charge is 0.339 e. The molecule has 0 unspecified atom stereocenters. The fraction of sp³-hybridized carbons (Fsp3) is 0.350. The van der Waals surface area contributed by atoms with Crippen LogP contribution in [-0.4, -0.2) is 11.6 Å². The first-order valence-electron chi connectivity index (χ1n) is 8.54. The number of hydrogen-bond acceptors (Lipinski definition) is 5. The van der Waals surface area contributed by atoms with Crippen LogP contribution in [0.2, 0.25) is 0 Å². The molecule has 25 heavy (non-hydrogen) atoms. The Morgan fingerprint density at radius 1 is 1.24 bits per heavy atom. The van der Waals surface area contributed by atoms with Crippen LogP contribution in [0.25, 0.3) is 11.0 Å². The van der Waals surface area contributed by atoms with E-state index < -0.39 is 0 Å². The normalized spacial score (nSPS) is 14.5.